The van der Waals surface area contributed by atoms with Gasteiger partial charge in [-0.25, -0.2) is 4.98 Å². The van der Waals surface area contributed by atoms with Gasteiger partial charge in [-0.2, -0.15) is 0 Å². The number of carbonyl (C=O) groups is 1. The van der Waals surface area contributed by atoms with Crippen LogP contribution in [0.5, 0.6) is 11.5 Å². The zero-order valence-corrected chi connectivity index (χ0v) is 20.2. The molecule has 8 nitrogen and oxygen atoms in total. The van der Waals surface area contributed by atoms with E-state index >= 15 is 0 Å². The highest BCUT2D eigenvalue weighted by molar-refractivity contribution is 7.99. The number of nitrogens with zero attached hydrogens (tertiary/aromatic N) is 2. The zero-order valence-electron chi connectivity index (χ0n) is 19.4. The Morgan fingerprint density at radius 2 is 1.83 bits per heavy atom. The summed E-state index contributed by atoms with van der Waals surface area (Å²) in [5, 5.41) is 4.21. The first-order chi connectivity index (χ1) is 17.6. The third-order valence-electron chi connectivity index (χ3n) is 6.01. The molecule has 0 saturated heterocycles. The predicted octanol–water partition coefficient (Wildman–Crippen LogP) is 4.68. The number of para-hydroxylation sites is 2. The van der Waals surface area contributed by atoms with E-state index in [0.717, 1.165) is 22.2 Å². The van der Waals surface area contributed by atoms with Gasteiger partial charge in [-0.1, -0.05) is 48.2 Å². The van der Waals surface area contributed by atoms with E-state index in [9.17, 15) is 9.59 Å². The highest BCUT2D eigenvalue weighted by Gasteiger charge is 2.19. The maximum Gasteiger partial charge on any atom is 0.283 e. The minimum atomic E-state index is -0.221. The Balaban J connectivity index is 1.35. The normalized spacial score (nSPS) is 12.7. The van der Waals surface area contributed by atoms with Crippen molar-refractivity contribution in [1.29, 1.82) is 0 Å². The molecule has 0 unspecified atom stereocenters. The van der Waals surface area contributed by atoms with Crippen molar-refractivity contribution in [3.05, 3.63) is 82.6 Å². The van der Waals surface area contributed by atoms with Gasteiger partial charge in [-0.15, -0.1) is 0 Å². The van der Waals surface area contributed by atoms with E-state index in [1.807, 2.05) is 55.5 Å². The first kappa shape index (κ1) is 22.2. The number of amides is 1. The number of hydrogen-bond acceptors (Lipinski definition) is 6. The molecule has 2 aromatic heterocycles. The smallest absolute Gasteiger partial charge is 0.283 e. The van der Waals surface area contributed by atoms with Gasteiger partial charge in [0.15, 0.2) is 16.7 Å². The Bertz CT molecular complexity index is 1690. The van der Waals surface area contributed by atoms with Crippen molar-refractivity contribution in [2.45, 2.75) is 12.1 Å². The molecule has 0 spiro atoms. The van der Waals surface area contributed by atoms with Crippen LogP contribution in [0.3, 0.4) is 0 Å². The lowest BCUT2D eigenvalue weighted by molar-refractivity contribution is -0.113. The van der Waals surface area contributed by atoms with E-state index in [1.54, 1.807) is 22.8 Å². The predicted molar refractivity (Wildman–Crippen MR) is 141 cm³/mol. The summed E-state index contributed by atoms with van der Waals surface area (Å²) >= 11 is 1.22. The van der Waals surface area contributed by atoms with Crippen LogP contribution in [0.25, 0.3) is 27.6 Å². The van der Waals surface area contributed by atoms with E-state index in [4.69, 9.17) is 14.5 Å². The number of thioether (sulfide) groups is 1. The number of carbonyl (C=O) groups excluding carboxylic acids is 1. The summed E-state index contributed by atoms with van der Waals surface area (Å²) in [6.45, 7) is 2.92. The molecule has 36 heavy (non-hydrogen) atoms. The third-order valence-corrected chi connectivity index (χ3v) is 6.95. The number of aromatic amines is 1. The fourth-order valence-corrected chi connectivity index (χ4v) is 5.11. The number of H-pyrrole nitrogens is 1. The SMILES string of the molecule is Cc1ccccc1-n1c(SCC(=O)Nc2ccc3c(c2)OCCO3)nc2c([nH]c3ccccc32)c1=O. The number of ether oxygens (including phenoxy) is 2. The lowest BCUT2D eigenvalue weighted by atomic mass is 10.2. The van der Waals surface area contributed by atoms with Gasteiger partial charge in [-0.05, 0) is 36.8 Å². The van der Waals surface area contributed by atoms with Crippen molar-refractivity contribution in [2.24, 2.45) is 0 Å². The Kier molecular flexibility index (Phi) is 5.61. The van der Waals surface area contributed by atoms with Crippen LogP contribution in [0, 0.1) is 6.92 Å². The van der Waals surface area contributed by atoms with Gasteiger partial charge in [0.2, 0.25) is 5.91 Å². The minimum absolute atomic E-state index is 0.0701. The van der Waals surface area contributed by atoms with Crippen LogP contribution in [0.2, 0.25) is 0 Å². The Morgan fingerprint density at radius 1 is 1.06 bits per heavy atom. The summed E-state index contributed by atoms with van der Waals surface area (Å²) in [7, 11) is 0. The van der Waals surface area contributed by atoms with Crippen LogP contribution in [-0.2, 0) is 4.79 Å². The van der Waals surface area contributed by atoms with Gasteiger partial charge < -0.3 is 19.8 Å². The molecule has 3 aromatic carbocycles. The Labute approximate surface area is 210 Å². The maximum atomic E-state index is 13.7. The largest absolute Gasteiger partial charge is 0.486 e. The van der Waals surface area contributed by atoms with E-state index in [1.165, 1.54) is 11.8 Å². The molecule has 180 valence electrons. The second kappa shape index (κ2) is 9.09. The van der Waals surface area contributed by atoms with Crippen LogP contribution in [0.15, 0.2) is 76.7 Å². The summed E-state index contributed by atoms with van der Waals surface area (Å²) in [6.07, 6.45) is 0. The fourth-order valence-electron chi connectivity index (χ4n) is 4.31. The molecule has 0 radical (unpaired) electrons. The second-order valence-electron chi connectivity index (χ2n) is 8.41. The molecule has 5 aromatic rings. The quantitative estimate of drug-likeness (QED) is 0.270. The van der Waals surface area contributed by atoms with Crippen LogP contribution >= 0.6 is 11.8 Å². The van der Waals surface area contributed by atoms with Crippen molar-refractivity contribution < 1.29 is 14.3 Å². The molecule has 9 heteroatoms. The van der Waals surface area contributed by atoms with Gasteiger partial charge in [0.1, 0.15) is 24.2 Å². The molecule has 6 rings (SSSR count). The number of nitrogens with one attached hydrogen (secondary N) is 2. The Morgan fingerprint density at radius 3 is 2.69 bits per heavy atom. The van der Waals surface area contributed by atoms with E-state index in [0.29, 0.717) is 46.6 Å². The average molecular weight is 499 g/mol. The summed E-state index contributed by atoms with van der Waals surface area (Å²) in [6, 6.07) is 20.6. The van der Waals surface area contributed by atoms with Gasteiger partial charge in [-0.3, -0.25) is 14.2 Å². The van der Waals surface area contributed by atoms with Crippen LogP contribution in [0.4, 0.5) is 5.69 Å². The minimum Gasteiger partial charge on any atom is -0.486 e. The zero-order chi connectivity index (χ0) is 24.6. The van der Waals surface area contributed by atoms with Crippen LogP contribution < -0.4 is 20.3 Å². The highest BCUT2D eigenvalue weighted by atomic mass is 32.2. The Hall–Kier alpha value is -4.24. The molecule has 1 aliphatic rings. The maximum absolute atomic E-state index is 13.7. The molecular formula is C27H22N4O4S. The van der Waals surface area contributed by atoms with E-state index < -0.39 is 0 Å². The van der Waals surface area contributed by atoms with Gasteiger partial charge in [0.25, 0.3) is 5.56 Å². The average Bonchev–Trinajstić information content (AvgIpc) is 3.27. The number of fused-ring (bicyclic) bond motifs is 4. The summed E-state index contributed by atoms with van der Waals surface area (Å²) in [5.74, 6) is 1.11. The topological polar surface area (TPSA) is 98.2 Å². The van der Waals surface area contributed by atoms with Gasteiger partial charge >= 0.3 is 0 Å². The summed E-state index contributed by atoms with van der Waals surface area (Å²) in [4.78, 5) is 34.6. The van der Waals surface area contributed by atoms with Gasteiger partial charge in [0.05, 0.1) is 11.4 Å². The monoisotopic (exact) mass is 498 g/mol. The number of hydrogen-bond donors (Lipinski definition) is 2. The number of rotatable bonds is 5. The van der Waals surface area contributed by atoms with Crippen molar-refractivity contribution in [3.8, 4) is 17.2 Å². The first-order valence-corrected chi connectivity index (χ1v) is 12.5. The standard InChI is InChI=1S/C27H22N4O4S/c1-16-6-2-5-9-20(16)31-26(33)25-24(18-7-3-4-8-19(18)29-25)30-27(31)36-15-23(32)28-17-10-11-21-22(14-17)35-13-12-34-21/h2-11,14,29H,12-13,15H2,1H3,(H,28,32). The second-order valence-corrected chi connectivity index (χ2v) is 9.35. The third kappa shape index (κ3) is 3.97. The molecule has 1 aliphatic heterocycles. The highest BCUT2D eigenvalue weighted by Crippen LogP contribution is 2.33. The van der Waals surface area contributed by atoms with Crippen LogP contribution in [0.1, 0.15) is 5.56 Å². The fraction of sp³-hybridized carbons (Fsp3) is 0.148. The van der Waals surface area contributed by atoms with E-state index in [-0.39, 0.29) is 17.2 Å². The lowest BCUT2D eigenvalue weighted by Gasteiger charge is -2.19. The lowest BCUT2D eigenvalue weighted by Crippen LogP contribution is -2.23. The molecule has 2 N–H and O–H groups in total. The molecule has 1 amide bonds. The molecule has 0 aliphatic carbocycles. The van der Waals surface area contributed by atoms with E-state index in [2.05, 4.69) is 10.3 Å². The number of benzene rings is 3. The molecule has 0 fully saturated rings. The molecule has 0 bridgehead atoms. The van der Waals surface area contributed by atoms with Crippen molar-refractivity contribution >= 4 is 45.3 Å². The molecule has 3 heterocycles. The molecule has 0 saturated carbocycles. The molecular weight excluding hydrogens is 476 g/mol. The van der Waals surface area contributed by atoms with Crippen molar-refractivity contribution in [3.63, 3.8) is 0 Å². The number of aromatic nitrogens is 3. The van der Waals surface area contributed by atoms with Gasteiger partial charge in [0, 0.05) is 22.7 Å². The van der Waals surface area contributed by atoms with Crippen molar-refractivity contribution in [1.82, 2.24) is 14.5 Å². The van der Waals surface area contributed by atoms with Crippen molar-refractivity contribution in [2.75, 3.05) is 24.3 Å². The summed E-state index contributed by atoms with van der Waals surface area (Å²) < 4.78 is 12.7. The summed E-state index contributed by atoms with van der Waals surface area (Å²) in [5.41, 5.74) is 3.93. The number of anilines is 1. The van der Waals surface area contributed by atoms with Crippen LogP contribution in [-0.4, -0.2) is 39.4 Å². The number of aryl methyl sites for hydroxylation is 1. The molecule has 0 atom stereocenters. The first-order valence-electron chi connectivity index (χ1n) is 11.5.